The van der Waals surface area contributed by atoms with Crippen molar-refractivity contribution >= 4 is 5.91 Å². The Morgan fingerprint density at radius 2 is 2.26 bits per heavy atom. The maximum absolute atomic E-state index is 11.5. The van der Waals surface area contributed by atoms with Crippen LogP contribution in [0.2, 0.25) is 0 Å². The van der Waals surface area contributed by atoms with Crippen LogP contribution in [0.3, 0.4) is 0 Å². The number of piperidine rings is 1. The largest absolute Gasteiger partial charge is 0.360 e. The van der Waals surface area contributed by atoms with E-state index in [1.54, 1.807) is 6.20 Å². The molecule has 6 nitrogen and oxygen atoms in total. The quantitative estimate of drug-likeness (QED) is 0.895. The monoisotopic (exact) mass is 314 g/mol. The van der Waals surface area contributed by atoms with Crippen molar-refractivity contribution in [1.82, 2.24) is 15.2 Å². The number of carbonyl (C=O) groups excluding carboxylic acids is 1. The van der Waals surface area contributed by atoms with E-state index in [1.165, 1.54) is 0 Å². The first-order valence-corrected chi connectivity index (χ1v) is 8.13. The van der Waals surface area contributed by atoms with Crippen molar-refractivity contribution in [3.05, 3.63) is 29.6 Å². The number of nitrogens with zero attached hydrogens (tertiary/aromatic N) is 3. The fourth-order valence-electron chi connectivity index (χ4n) is 3.25. The SMILES string of the molecule is CC1OC2(CCN(CCc3ccc(C#N)cn3)CC2)CNC1=O. The lowest BCUT2D eigenvalue weighted by atomic mass is 9.89. The van der Waals surface area contributed by atoms with Crippen LogP contribution >= 0.6 is 0 Å². The van der Waals surface area contributed by atoms with E-state index in [2.05, 4.69) is 21.3 Å². The molecule has 3 heterocycles. The molecule has 1 spiro atoms. The fourth-order valence-corrected chi connectivity index (χ4v) is 3.25. The number of ether oxygens (including phenoxy) is 1. The van der Waals surface area contributed by atoms with E-state index in [1.807, 2.05) is 19.1 Å². The van der Waals surface area contributed by atoms with E-state index in [4.69, 9.17) is 10.00 Å². The highest BCUT2D eigenvalue weighted by Crippen LogP contribution is 2.29. The smallest absolute Gasteiger partial charge is 0.248 e. The minimum atomic E-state index is -0.349. The van der Waals surface area contributed by atoms with Crippen molar-refractivity contribution in [3.63, 3.8) is 0 Å². The molecular formula is C17H22N4O2. The summed E-state index contributed by atoms with van der Waals surface area (Å²) in [5.74, 6) is -0.00931. The van der Waals surface area contributed by atoms with Crippen molar-refractivity contribution in [2.24, 2.45) is 0 Å². The first-order valence-electron chi connectivity index (χ1n) is 8.13. The lowest BCUT2D eigenvalue weighted by molar-refractivity contribution is -0.167. The van der Waals surface area contributed by atoms with Crippen molar-refractivity contribution in [3.8, 4) is 6.07 Å². The number of likely N-dealkylation sites (tertiary alicyclic amines) is 1. The van der Waals surface area contributed by atoms with Crippen LogP contribution in [0.4, 0.5) is 0 Å². The number of hydrogen-bond acceptors (Lipinski definition) is 5. The average molecular weight is 314 g/mol. The Morgan fingerprint density at radius 3 is 2.87 bits per heavy atom. The summed E-state index contributed by atoms with van der Waals surface area (Å²) in [5.41, 5.74) is 1.43. The number of amides is 1. The number of rotatable bonds is 3. The summed E-state index contributed by atoms with van der Waals surface area (Å²) >= 11 is 0. The molecule has 0 aromatic carbocycles. The molecule has 23 heavy (non-hydrogen) atoms. The number of nitriles is 1. The molecule has 122 valence electrons. The maximum atomic E-state index is 11.5. The van der Waals surface area contributed by atoms with Gasteiger partial charge in [0.2, 0.25) is 5.91 Å². The molecule has 0 saturated carbocycles. The van der Waals surface area contributed by atoms with Crippen LogP contribution in [0.5, 0.6) is 0 Å². The normalized spacial score (nSPS) is 24.2. The van der Waals surface area contributed by atoms with Gasteiger partial charge in [0.05, 0.1) is 11.2 Å². The number of carbonyl (C=O) groups is 1. The Hall–Kier alpha value is -1.97. The fraction of sp³-hybridized carbons (Fsp3) is 0.588. The van der Waals surface area contributed by atoms with Gasteiger partial charge in [-0.1, -0.05) is 0 Å². The second kappa shape index (κ2) is 6.65. The molecule has 1 amide bonds. The van der Waals surface area contributed by atoms with Gasteiger partial charge in [-0.3, -0.25) is 9.78 Å². The molecule has 1 N–H and O–H groups in total. The summed E-state index contributed by atoms with van der Waals surface area (Å²) in [7, 11) is 0. The zero-order valence-electron chi connectivity index (χ0n) is 13.4. The first-order chi connectivity index (χ1) is 11.1. The molecule has 2 fully saturated rings. The van der Waals surface area contributed by atoms with Crippen molar-refractivity contribution in [1.29, 1.82) is 5.26 Å². The number of nitrogens with one attached hydrogen (secondary N) is 1. The molecule has 1 aromatic rings. The van der Waals surface area contributed by atoms with Gasteiger partial charge in [0.15, 0.2) is 0 Å². The number of aromatic nitrogens is 1. The lowest BCUT2D eigenvalue weighted by Crippen LogP contribution is -2.60. The highest BCUT2D eigenvalue weighted by Gasteiger charge is 2.41. The van der Waals surface area contributed by atoms with Crippen LogP contribution < -0.4 is 5.32 Å². The minimum Gasteiger partial charge on any atom is -0.360 e. The Morgan fingerprint density at radius 1 is 1.48 bits per heavy atom. The van der Waals surface area contributed by atoms with Gasteiger partial charge in [-0.2, -0.15) is 5.26 Å². The molecule has 2 saturated heterocycles. The van der Waals surface area contributed by atoms with Crippen molar-refractivity contribution in [2.45, 2.75) is 37.9 Å². The third kappa shape index (κ3) is 3.69. The van der Waals surface area contributed by atoms with E-state index in [9.17, 15) is 4.79 Å². The van der Waals surface area contributed by atoms with E-state index < -0.39 is 0 Å². The predicted octanol–water partition coefficient (Wildman–Crippen LogP) is 0.865. The van der Waals surface area contributed by atoms with Crippen LogP contribution in [0, 0.1) is 11.3 Å². The summed E-state index contributed by atoms with van der Waals surface area (Å²) < 4.78 is 5.98. The molecule has 0 bridgehead atoms. The zero-order valence-corrected chi connectivity index (χ0v) is 13.4. The van der Waals surface area contributed by atoms with Gasteiger partial charge >= 0.3 is 0 Å². The second-order valence-electron chi connectivity index (χ2n) is 6.40. The topological polar surface area (TPSA) is 78.2 Å². The van der Waals surface area contributed by atoms with Gasteiger partial charge < -0.3 is 15.0 Å². The van der Waals surface area contributed by atoms with E-state index >= 15 is 0 Å². The summed E-state index contributed by atoms with van der Waals surface area (Å²) in [4.78, 5) is 18.2. The minimum absolute atomic E-state index is 0.00931. The maximum Gasteiger partial charge on any atom is 0.248 e. The van der Waals surface area contributed by atoms with Gasteiger partial charge in [-0.25, -0.2) is 0 Å². The molecule has 1 unspecified atom stereocenters. The Kier molecular flexibility index (Phi) is 4.60. The van der Waals surface area contributed by atoms with E-state index in [0.717, 1.165) is 44.6 Å². The predicted molar refractivity (Wildman–Crippen MR) is 84.6 cm³/mol. The van der Waals surface area contributed by atoms with E-state index in [0.29, 0.717) is 12.1 Å². The molecule has 0 aliphatic carbocycles. The summed E-state index contributed by atoms with van der Waals surface area (Å²) in [6.07, 6.45) is 4.04. The lowest BCUT2D eigenvalue weighted by Gasteiger charge is -2.45. The Balaban J connectivity index is 1.47. The third-order valence-electron chi connectivity index (χ3n) is 4.79. The van der Waals surface area contributed by atoms with Crippen LogP contribution in [0.15, 0.2) is 18.3 Å². The molecule has 0 radical (unpaired) electrons. The molecule has 2 aliphatic heterocycles. The number of hydrogen-bond donors (Lipinski definition) is 1. The molecule has 1 atom stereocenters. The molecule has 2 aliphatic rings. The number of pyridine rings is 1. The molecule has 6 heteroatoms. The highest BCUT2D eigenvalue weighted by molar-refractivity contribution is 5.81. The van der Waals surface area contributed by atoms with Crippen LogP contribution in [-0.2, 0) is 16.0 Å². The summed E-state index contributed by atoms with van der Waals surface area (Å²) in [5, 5.41) is 11.7. The van der Waals surface area contributed by atoms with Gasteiger partial charge in [-0.15, -0.1) is 0 Å². The Labute approximate surface area is 136 Å². The first kappa shape index (κ1) is 15.9. The zero-order chi connectivity index (χ0) is 16.3. The van der Waals surface area contributed by atoms with Crippen LogP contribution in [0.1, 0.15) is 31.0 Å². The average Bonchev–Trinajstić information content (AvgIpc) is 2.59. The second-order valence-corrected chi connectivity index (χ2v) is 6.40. The van der Waals surface area contributed by atoms with Crippen molar-refractivity contribution < 1.29 is 9.53 Å². The standard InChI is InChI=1S/C17H22N4O2/c1-13-16(22)20-12-17(23-13)5-8-21(9-6-17)7-4-15-3-2-14(10-18)11-19-15/h2-3,11,13H,4-9,12H2,1H3,(H,20,22). The van der Waals surface area contributed by atoms with Gasteiger partial charge in [-0.05, 0) is 31.9 Å². The van der Waals surface area contributed by atoms with Crippen LogP contribution in [0.25, 0.3) is 0 Å². The molecule has 3 rings (SSSR count). The molecule has 1 aromatic heterocycles. The van der Waals surface area contributed by atoms with Gasteiger partial charge in [0.25, 0.3) is 0 Å². The van der Waals surface area contributed by atoms with Gasteiger partial charge in [0.1, 0.15) is 12.2 Å². The summed E-state index contributed by atoms with van der Waals surface area (Å²) in [6.45, 7) is 5.34. The Bertz CT molecular complexity index is 600. The third-order valence-corrected chi connectivity index (χ3v) is 4.79. The summed E-state index contributed by atoms with van der Waals surface area (Å²) in [6, 6.07) is 5.82. The number of morpholine rings is 1. The highest BCUT2D eigenvalue weighted by atomic mass is 16.5. The van der Waals surface area contributed by atoms with E-state index in [-0.39, 0.29) is 17.6 Å². The van der Waals surface area contributed by atoms with Crippen molar-refractivity contribution in [2.75, 3.05) is 26.2 Å². The van der Waals surface area contributed by atoms with Gasteiger partial charge in [0, 0.05) is 44.5 Å². The van der Waals surface area contributed by atoms with Crippen LogP contribution in [-0.4, -0.2) is 53.7 Å². The molecular weight excluding hydrogens is 292 g/mol.